The Morgan fingerprint density at radius 2 is 0.983 bits per heavy atom. The molecule has 0 saturated carbocycles. The number of nitrogens with zero attached hydrogens (tertiary/aromatic N) is 1. The maximum Gasteiger partial charge on any atom is 0.0720 e. The molecule has 0 N–H and O–H groups in total. The van der Waals surface area contributed by atoms with Crippen molar-refractivity contribution in [3.05, 3.63) is 234 Å². The fourth-order valence-electron chi connectivity index (χ4n) is 10.6. The molecule has 1 nitrogen and oxygen atoms in total. The second-order valence-corrected chi connectivity index (χ2v) is 17.5. The van der Waals surface area contributed by atoms with E-state index in [0.29, 0.717) is 0 Å². The monoisotopic (exact) mass is 757 g/mol. The minimum Gasteiger partial charge on any atom is -0.310 e. The van der Waals surface area contributed by atoms with Crippen LogP contribution in [0.4, 0.5) is 17.1 Å². The summed E-state index contributed by atoms with van der Waals surface area (Å²) in [6.45, 7) is 4.76. The minimum atomic E-state index is -0.557. The predicted octanol–water partition coefficient (Wildman–Crippen LogP) is 15.3. The number of benzene rings is 9. The third-order valence-corrected chi connectivity index (χ3v) is 14.3. The van der Waals surface area contributed by atoms with Gasteiger partial charge in [-0.15, -0.1) is 11.3 Å². The van der Waals surface area contributed by atoms with E-state index in [1.54, 1.807) is 0 Å². The first kappa shape index (κ1) is 33.4. The zero-order chi connectivity index (χ0) is 38.6. The Hall–Kier alpha value is -6.74. The van der Waals surface area contributed by atoms with E-state index in [4.69, 9.17) is 0 Å². The summed E-state index contributed by atoms with van der Waals surface area (Å²) < 4.78 is 2.60. The normalized spacial score (nSPS) is 14.3. The largest absolute Gasteiger partial charge is 0.310 e. The molecule has 2 aliphatic rings. The predicted molar refractivity (Wildman–Crippen MR) is 246 cm³/mol. The molecule has 0 fully saturated rings. The fourth-order valence-corrected chi connectivity index (χ4v) is 11.7. The van der Waals surface area contributed by atoms with E-state index >= 15 is 0 Å². The maximum atomic E-state index is 2.54. The van der Waals surface area contributed by atoms with Crippen molar-refractivity contribution in [1.82, 2.24) is 0 Å². The Bertz CT molecular complexity index is 3220. The number of hydrogen-bond acceptors (Lipinski definition) is 2. The van der Waals surface area contributed by atoms with Gasteiger partial charge in [-0.25, -0.2) is 0 Å². The first-order valence-corrected chi connectivity index (χ1v) is 21.1. The molecule has 0 spiro atoms. The fraction of sp³-hybridized carbons (Fsp3) is 0.0714. The molecule has 58 heavy (non-hydrogen) atoms. The summed E-state index contributed by atoms with van der Waals surface area (Å²) in [6.07, 6.45) is 0. The summed E-state index contributed by atoms with van der Waals surface area (Å²) in [7, 11) is 0. The Kier molecular flexibility index (Phi) is 7.13. The molecule has 0 amide bonds. The van der Waals surface area contributed by atoms with Gasteiger partial charge >= 0.3 is 0 Å². The van der Waals surface area contributed by atoms with Crippen LogP contribution in [0.1, 0.15) is 47.2 Å². The van der Waals surface area contributed by atoms with E-state index in [0.717, 1.165) is 11.4 Å². The molecule has 1 heterocycles. The molecule has 10 aromatic rings. The molecule has 0 radical (unpaired) electrons. The molecule has 12 rings (SSSR count). The van der Waals surface area contributed by atoms with Gasteiger partial charge in [-0.2, -0.15) is 0 Å². The van der Waals surface area contributed by atoms with Crippen molar-refractivity contribution < 1.29 is 0 Å². The van der Waals surface area contributed by atoms with E-state index in [2.05, 4.69) is 219 Å². The second-order valence-electron chi connectivity index (χ2n) is 16.4. The highest BCUT2D eigenvalue weighted by Gasteiger charge is 2.47. The zero-order valence-electron chi connectivity index (χ0n) is 32.4. The van der Waals surface area contributed by atoms with Gasteiger partial charge in [0.1, 0.15) is 0 Å². The second kappa shape index (κ2) is 12.4. The third-order valence-electron chi connectivity index (χ3n) is 13.1. The molecule has 2 heteroatoms. The third kappa shape index (κ3) is 4.52. The number of fused-ring (bicyclic) bond motifs is 11. The van der Waals surface area contributed by atoms with Crippen LogP contribution < -0.4 is 4.90 Å². The molecule has 0 saturated heterocycles. The van der Waals surface area contributed by atoms with Crippen LogP contribution in [0.2, 0.25) is 0 Å². The average molecular weight is 758 g/mol. The van der Waals surface area contributed by atoms with Crippen molar-refractivity contribution in [2.24, 2.45) is 0 Å². The Labute approximate surface area is 343 Å². The van der Waals surface area contributed by atoms with Gasteiger partial charge in [0, 0.05) is 37.0 Å². The molecule has 0 aliphatic heterocycles. The summed E-state index contributed by atoms with van der Waals surface area (Å²) in [5.74, 6) is 0. The molecule has 0 bridgehead atoms. The van der Waals surface area contributed by atoms with Crippen LogP contribution in [-0.2, 0) is 10.8 Å². The van der Waals surface area contributed by atoms with Gasteiger partial charge in [0.25, 0.3) is 0 Å². The van der Waals surface area contributed by atoms with Crippen LogP contribution in [0, 0.1) is 0 Å². The van der Waals surface area contributed by atoms with Crippen LogP contribution in [-0.4, -0.2) is 0 Å². The standard InChI is InChI=1S/C56H39NS/c1-55(2)47-24-13-11-22-42(47)43-32-29-39(34-48(43)55)57(50-25-15-27-52-53(50)46-23-12-14-26-51(46)58-52)40-30-33-44-45-31-28-36-16-9-10-21-41(36)54(45)56(49(44)35-40,37-17-5-3-6-18-37)38-19-7-4-8-20-38/h3-35H,1-2H3. The van der Waals surface area contributed by atoms with Crippen LogP contribution in [0.25, 0.3) is 53.2 Å². The molecule has 0 atom stereocenters. The van der Waals surface area contributed by atoms with Gasteiger partial charge in [0.15, 0.2) is 0 Å². The van der Waals surface area contributed by atoms with E-state index in [1.807, 2.05) is 11.3 Å². The van der Waals surface area contributed by atoms with E-state index in [9.17, 15) is 0 Å². The molecule has 0 unspecified atom stereocenters. The maximum absolute atomic E-state index is 2.54. The van der Waals surface area contributed by atoms with E-state index in [-0.39, 0.29) is 5.41 Å². The van der Waals surface area contributed by atoms with Crippen molar-refractivity contribution in [1.29, 1.82) is 0 Å². The minimum absolute atomic E-state index is 0.134. The first-order valence-electron chi connectivity index (χ1n) is 20.3. The van der Waals surface area contributed by atoms with Crippen molar-refractivity contribution in [3.8, 4) is 22.3 Å². The summed E-state index contributed by atoms with van der Waals surface area (Å²) in [5.41, 5.74) is 16.0. The zero-order valence-corrected chi connectivity index (χ0v) is 33.2. The van der Waals surface area contributed by atoms with Crippen LogP contribution >= 0.6 is 11.3 Å². The van der Waals surface area contributed by atoms with Crippen molar-refractivity contribution >= 4 is 59.3 Å². The highest BCUT2D eigenvalue weighted by Crippen LogP contribution is 2.60. The van der Waals surface area contributed by atoms with Gasteiger partial charge < -0.3 is 4.90 Å². The molecule has 9 aromatic carbocycles. The lowest BCUT2D eigenvalue weighted by Crippen LogP contribution is -2.29. The van der Waals surface area contributed by atoms with Crippen molar-refractivity contribution in [2.75, 3.05) is 4.90 Å². The van der Waals surface area contributed by atoms with Crippen molar-refractivity contribution in [2.45, 2.75) is 24.7 Å². The summed E-state index contributed by atoms with van der Waals surface area (Å²) >= 11 is 1.88. The molecular formula is C56H39NS. The first-order chi connectivity index (χ1) is 28.5. The van der Waals surface area contributed by atoms with Gasteiger partial charge in [0.2, 0.25) is 0 Å². The Balaban J connectivity index is 1.18. The van der Waals surface area contributed by atoms with E-state index in [1.165, 1.54) is 92.3 Å². The SMILES string of the molecule is CC1(C)c2ccccc2-c2ccc(N(c3ccc4c(c3)C(c3ccccc3)(c3ccccc3)c3c-4ccc4ccccc34)c3cccc4sc5ccccc5c34)cc21. The smallest absolute Gasteiger partial charge is 0.0720 e. The lowest BCUT2D eigenvalue weighted by atomic mass is 9.66. The van der Waals surface area contributed by atoms with Gasteiger partial charge in [-0.1, -0.05) is 172 Å². The molecule has 274 valence electrons. The average Bonchev–Trinajstić information content (AvgIpc) is 3.89. The molecule has 2 aliphatic carbocycles. The molecule has 1 aromatic heterocycles. The van der Waals surface area contributed by atoms with Crippen molar-refractivity contribution in [3.63, 3.8) is 0 Å². The highest BCUT2D eigenvalue weighted by atomic mass is 32.1. The Morgan fingerprint density at radius 1 is 0.414 bits per heavy atom. The van der Waals surface area contributed by atoms with Gasteiger partial charge in [-0.05, 0) is 109 Å². The summed E-state index contributed by atoms with van der Waals surface area (Å²) in [5, 5.41) is 5.13. The lowest BCUT2D eigenvalue weighted by Gasteiger charge is -2.35. The molecular weight excluding hydrogens is 719 g/mol. The number of thiophene rings is 1. The lowest BCUT2D eigenvalue weighted by molar-refractivity contribution is 0.660. The van der Waals surface area contributed by atoms with E-state index < -0.39 is 5.41 Å². The number of anilines is 3. The van der Waals surface area contributed by atoms with Crippen LogP contribution in [0.15, 0.2) is 200 Å². The van der Waals surface area contributed by atoms with Crippen LogP contribution in [0.5, 0.6) is 0 Å². The Morgan fingerprint density at radius 3 is 1.74 bits per heavy atom. The van der Waals surface area contributed by atoms with Gasteiger partial charge in [-0.3, -0.25) is 0 Å². The number of hydrogen-bond donors (Lipinski definition) is 0. The quantitative estimate of drug-likeness (QED) is 0.169. The van der Waals surface area contributed by atoms with Crippen LogP contribution in [0.3, 0.4) is 0 Å². The highest BCUT2D eigenvalue weighted by molar-refractivity contribution is 7.26. The topological polar surface area (TPSA) is 3.24 Å². The summed E-state index contributed by atoms with van der Waals surface area (Å²) in [6, 6.07) is 75.1. The van der Waals surface area contributed by atoms with Gasteiger partial charge in [0.05, 0.1) is 11.1 Å². The summed E-state index contributed by atoms with van der Waals surface area (Å²) in [4.78, 5) is 2.54. The number of rotatable bonds is 5.